The average molecular weight is 337 g/mol. The van der Waals surface area contributed by atoms with Crippen LogP contribution >= 0.6 is 0 Å². The number of hydrazone groups is 1. The predicted molar refractivity (Wildman–Crippen MR) is 87.0 cm³/mol. The molecule has 0 atom stereocenters. The second-order valence-electron chi connectivity index (χ2n) is 5.06. The molecule has 0 unspecified atom stereocenters. The molecule has 0 aliphatic heterocycles. The SMILES string of the molecule is CN/N=C/N(C)OCc1cccc(-c2ccc(C(F)(F)F)cc2)c1. The van der Waals surface area contributed by atoms with Crippen molar-refractivity contribution in [2.24, 2.45) is 5.10 Å². The molecule has 0 amide bonds. The van der Waals surface area contributed by atoms with Gasteiger partial charge in [-0.25, -0.2) is 5.06 Å². The van der Waals surface area contributed by atoms with Crippen molar-refractivity contribution in [3.05, 3.63) is 59.7 Å². The summed E-state index contributed by atoms with van der Waals surface area (Å²) in [7, 11) is 3.39. The Bertz CT molecular complexity index is 684. The minimum Gasteiger partial charge on any atom is -0.312 e. The summed E-state index contributed by atoms with van der Waals surface area (Å²) in [5.41, 5.74) is 4.40. The summed E-state index contributed by atoms with van der Waals surface area (Å²) < 4.78 is 37.8. The van der Waals surface area contributed by atoms with Crippen LogP contribution in [0.15, 0.2) is 53.6 Å². The Morgan fingerprint density at radius 1 is 1.12 bits per heavy atom. The maximum Gasteiger partial charge on any atom is 0.416 e. The van der Waals surface area contributed by atoms with Gasteiger partial charge in [0.15, 0.2) is 0 Å². The maximum absolute atomic E-state index is 12.6. The van der Waals surface area contributed by atoms with Crippen molar-refractivity contribution in [2.75, 3.05) is 14.1 Å². The van der Waals surface area contributed by atoms with Gasteiger partial charge in [0, 0.05) is 14.1 Å². The van der Waals surface area contributed by atoms with Gasteiger partial charge in [0.25, 0.3) is 0 Å². The van der Waals surface area contributed by atoms with E-state index in [2.05, 4.69) is 10.5 Å². The zero-order valence-corrected chi connectivity index (χ0v) is 13.3. The van der Waals surface area contributed by atoms with E-state index in [-0.39, 0.29) is 0 Å². The third-order valence-corrected chi connectivity index (χ3v) is 3.26. The topological polar surface area (TPSA) is 36.9 Å². The molecule has 0 aliphatic carbocycles. The van der Waals surface area contributed by atoms with Gasteiger partial charge in [0.2, 0.25) is 0 Å². The number of halogens is 3. The Morgan fingerprint density at radius 3 is 2.46 bits per heavy atom. The molecule has 0 aromatic heterocycles. The maximum atomic E-state index is 12.6. The fraction of sp³-hybridized carbons (Fsp3) is 0.235. The lowest BCUT2D eigenvalue weighted by Gasteiger charge is -2.13. The number of nitrogens with zero attached hydrogens (tertiary/aromatic N) is 2. The molecule has 1 N–H and O–H groups in total. The predicted octanol–water partition coefficient (Wildman–Crippen LogP) is 3.90. The molecule has 128 valence electrons. The second-order valence-corrected chi connectivity index (χ2v) is 5.06. The van der Waals surface area contributed by atoms with Gasteiger partial charge >= 0.3 is 6.18 Å². The van der Waals surface area contributed by atoms with Gasteiger partial charge in [-0.2, -0.15) is 18.3 Å². The van der Waals surface area contributed by atoms with Crippen molar-refractivity contribution in [1.29, 1.82) is 0 Å². The molecule has 0 fully saturated rings. The number of hydrogen-bond acceptors (Lipinski definition) is 3. The average Bonchev–Trinajstić information content (AvgIpc) is 2.58. The lowest BCUT2D eigenvalue weighted by atomic mass is 10.0. The normalized spacial score (nSPS) is 11.7. The largest absolute Gasteiger partial charge is 0.416 e. The first kappa shape index (κ1) is 17.8. The first-order valence-corrected chi connectivity index (χ1v) is 7.22. The molecule has 7 heteroatoms. The lowest BCUT2D eigenvalue weighted by molar-refractivity contribution is -0.137. The molecule has 0 radical (unpaired) electrons. The second kappa shape index (κ2) is 7.83. The van der Waals surface area contributed by atoms with Crippen LogP contribution in [0.3, 0.4) is 0 Å². The Morgan fingerprint density at radius 2 is 1.83 bits per heavy atom. The summed E-state index contributed by atoms with van der Waals surface area (Å²) >= 11 is 0. The number of rotatable bonds is 6. The molecule has 2 rings (SSSR count). The highest BCUT2D eigenvalue weighted by Gasteiger charge is 2.29. The van der Waals surface area contributed by atoms with Crippen molar-refractivity contribution in [2.45, 2.75) is 12.8 Å². The molecule has 0 heterocycles. The van der Waals surface area contributed by atoms with E-state index in [1.807, 2.05) is 24.3 Å². The van der Waals surface area contributed by atoms with E-state index in [4.69, 9.17) is 4.84 Å². The van der Waals surface area contributed by atoms with Gasteiger partial charge in [0.1, 0.15) is 6.34 Å². The van der Waals surface area contributed by atoms with E-state index in [0.717, 1.165) is 28.8 Å². The quantitative estimate of drug-likeness (QED) is 0.493. The van der Waals surface area contributed by atoms with Crippen LogP contribution in [0.1, 0.15) is 11.1 Å². The minimum atomic E-state index is -4.33. The smallest absolute Gasteiger partial charge is 0.312 e. The van der Waals surface area contributed by atoms with Crippen molar-refractivity contribution in [1.82, 2.24) is 10.5 Å². The van der Waals surface area contributed by atoms with Crippen LogP contribution in [0.2, 0.25) is 0 Å². The standard InChI is InChI=1S/C17H18F3N3O/c1-21-22-12-23(2)24-11-13-4-3-5-15(10-13)14-6-8-16(9-7-14)17(18,19)20/h3-10,12,21H,11H2,1-2H3/b22-12+. The Labute approximate surface area is 138 Å². The zero-order chi connectivity index (χ0) is 17.6. The van der Waals surface area contributed by atoms with E-state index >= 15 is 0 Å². The van der Waals surface area contributed by atoms with Gasteiger partial charge in [-0.1, -0.05) is 30.3 Å². The Kier molecular flexibility index (Phi) is 5.81. The number of benzene rings is 2. The summed E-state index contributed by atoms with van der Waals surface area (Å²) in [4.78, 5) is 5.48. The highest BCUT2D eigenvalue weighted by atomic mass is 19.4. The van der Waals surface area contributed by atoms with Crippen LogP contribution in [0.4, 0.5) is 13.2 Å². The Balaban J connectivity index is 2.08. The lowest BCUT2D eigenvalue weighted by Crippen LogP contribution is -2.18. The molecular weight excluding hydrogens is 319 g/mol. The van der Waals surface area contributed by atoms with Crippen LogP contribution in [0, 0.1) is 0 Å². The highest BCUT2D eigenvalue weighted by molar-refractivity contribution is 5.64. The molecule has 24 heavy (non-hydrogen) atoms. The fourth-order valence-electron chi connectivity index (χ4n) is 2.04. The summed E-state index contributed by atoms with van der Waals surface area (Å²) in [6.45, 7) is 0.320. The van der Waals surface area contributed by atoms with Gasteiger partial charge in [-0.15, -0.1) is 0 Å². The minimum absolute atomic E-state index is 0.320. The van der Waals surface area contributed by atoms with Crippen LogP contribution in [-0.4, -0.2) is 25.5 Å². The van der Waals surface area contributed by atoms with E-state index in [9.17, 15) is 13.2 Å². The Hall–Kier alpha value is -2.54. The van der Waals surface area contributed by atoms with Crippen molar-refractivity contribution in [3.8, 4) is 11.1 Å². The fourth-order valence-corrected chi connectivity index (χ4v) is 2.04. The number of hydroxylamine groups is 2. The highest BCUT2D eigenvalue weighted by Crippen LogP contribution is 2.31. The summed E-state index contributed by atoms with van der Waals surface area (Å²) in [5.74, 6) is 0. The third kappa shape index (κ3) is 4.99. The molecule has 4 nitrogen and oxygen atoms in total. The number of nitrogens with one attached hydrogen (secondary N) is 1. The van der Waals surface area contributed by atoms with Crippen LogP contribution in [0.25, 0.3) is 11.1 Å². The van der Waals surface area contributed by atoms with E-state index in [0.29, 0.717) is 6.61 Å². The molecule has 0 spiro atoms. The monoisotopic (exact) mass is 337 g/mol. The number of hydrogen-bond donors (Lipinski definition) is 1. The van der Waals surface area contributed by atoms with Crippen molar-refractivity contribution in [3.63, 3.8) is 0 Å². The molecule has 0 aliphatic rings. The summed E-state index contributed by atoms with van der Waals surface area (Å²) in [6, 6.07) is 12.6. The zero-order valence-electron chi connectivity index (χ0n) is 13.3. The third-order valence-electron chi connectivity index (χ3n) is 3.26. The van der Waals surface area contributed by atoms with Gasteiger partial charge < -0.3 is 5.43 Å². The summed E-state index contributed by atoms with van der Waals surface area (Å²) in [6.07, 6.45) is -2.84. The molecule has 2 aromatic carbocycles. The van der Waals surface area contributed by atoms with Gasteiger partial charge in [-0.05, 0) is 34.9 Å². The van der Waals surface area contributed by atoms with Crippen LogP contribution in [0.5, 0.6) is 0 Å². The van der Waals surface area contributed by atoms with Gasteiger partial charge in [-0.3, -0.25) is 4.84 Å². The first-order chi connectivity index (χ1) is 11.4. The van der Waals surface area contributed by atoms with E-state index in [1.165, 1.54) is 23.5 Å². The van der Waals surface area contributed by atoms with Crippen molar-refractivity contribution >= 4 is 6.34 Å². The molecule has 0 saturated carbocycles. The molecule has 0 saturated heterocycles. The molecule has 0 bridgehead atoms. The van der Waals surface area contributed by atoms with Crippen LogP contribution < -0.4 is 5.43 Å². The van der Waals surface area contributed by atoms with Gasteiger partial charge in [0.05, 0.1) is 12.2 Å². The van der Waals surface area contributed by atoms with Crippen molar-refractivity contribution < 1.29 is 18.0 Å². The number of alkyl halides is 3. The molecule has 2 aromatic rings. The molecular formula is C17H18F3N3O. The van der Waals surface area contributed by atoms with E-state index < -0.39 is 11.7 Å². The summed E-state index contributed by atoms with van der Waals surface area (Å²) in [5, 5.41) is 5.27. The van der Waals surface area contributed by atoms with E-state index in [1.54, 1.807) is 14.1 Å². The van der Waals surface area contributed by atoms with Crippen LogP contribution in [-0.2, 0) is 17.6 Å². The first-order valence-electron chi connectivity index (χ1n) is 7.22.